The average Bonchev–Trinajstić information content (AvgIpc) is 3.13. The summed E-state index contributed by atoms with van der Waals surface area (Å²) < 4.78 is 5.16. The van der Waals surface area contributed by atoms with Gasteiger partial charge in [-0.2, -0.15) is 0 Å². The molecule has 2 rings (SSSR count). The lowest BCUT2D eigenvalue weighted by Gasteiger charge is -2.30. The molecule has 0 bridgehead atoms. The minimum atomic E-state index is -0.459. The first-order chi connectivity index (χ1) is 9.98. The van der Waals surface area contributed by atoms with Gasteiger partial charge in [0.15, 0.2) is 0 Å². The zero-order chi connectivity index (χ0) is 15.5. The van der Waals surface area contributed by atoms with Crippen molar-refractivity contribution in [2.45, 2.75) is 32.2 Å². The Kier molecular flexibility index (Phi) is 4.67. The van der Waals surface area contributed by atoms with Gasteiger partial charge >= 0.3 is 0 Å². The molecule has 1 fully saturated rings. The number of nitrogens with one attached hydrogen (secondary N) is 1. The Bertz CT molecular complexity index is 516. The zero-order valence-electron chi connectivity index (χ0n) is 12.6. The number of nitrogens with two attached hydrogens (primary N) is 1. The molecule has 0 aliphatic heterocycles. The molecule has 0 unspecified atom stereocenters. The zero-order valence-corrected chi connectivity index (χ0v) is 12.6. The second-order valence-corrected chi connectivity index (χ2v) is 5.88. The smallest absolute Gasteiger partial charge is 0.254 e. The number of furan rings is 1. The van der Waals surface area contributed by atoms with Crippen LogP contribution in [0, 0.1) is 5.41 Å². The highest BCUT2D eigenvalue weighted by Crippen LogP contribution is 2.38. The molecule has 3 N–H and O–H groups in total. The molecular formula is C15H23N3O3. The van der Waals surface area contributed by atoms with Gasteiger partial charge in [0.2, 0.25) is 5.91 Å². The highest BCUT2D eigenvalue weighted by atomic mass is 16.3. The van der Waals surface area contributed by atoms with Crippen molar-refractivity contribution in [2.75, 3.05) is 20.6 Å². The number of hydrogen-bond donors (Lipinski definition) is 2. The topological polar surface area (TPSA) is 88.6 Å². The quantitative estimate of drug-likeness (QED) is 0.851. The van der Waals surface area contributed by atoms with Gasteiger partial charge in [0, 0.05) is 20.6 Å². The van der Waals surface area contributed by atoms with Crippen LogP contribution in [0.2, 0.25) is 0 Å². The van der Waals surface area contributed by atoms with Gasteiger partial charge in [-0.25, -0.2) is 0 Å². The van der Waals surface area contributed by atoms with Gasteiger partial charge in [-0.3, -0.25) is 9.59 Å². The normalized spacial score (nSPS) is 16.7. The van der Waals surface area contributed by atoms with Gasteiger partial charge in [0.25, 0.3) is 5.91 Å². The van der Waals surface area contributed by atoms with E-state index in [1.807, 2.05) is 0 Å². The van der Waals surface area contributed by atoms with Crippen LogP contribution in [-0.4, -0.2) is 37.4 Å². The molecule has 6 nitrogen and oxygen atoms in total. The summed E-state index contributed by atoms with van der Waals surface area (Å²) in [5.74, 6) is 0.437. The molecule has 0 atom stereocenters. The number of amides is 2. The fourth-order valence-corrected chi connectivity index (χ4v) is 2.95. The average molecular weight is 293 g/mol. The van der Waals surface area contributed by atoms with Crippen LogP contribution >= 0.6 is 0 Å². The highest BCUT2D eigenvalue weighted by Gasteiger charge is 2.42. The third kappa shape index (κ3) is 3.26. The summed E-state index contributed by atoms with van der Waals surface area (Å²) in [4.78, 5) is 26.1. The number of carbonyl (C=O) groups excluding carboxylic acids is 2. The third-order valence-corrected chi connectivity index (χ3v) is 4.12. The Hall–Kier alpha value is -1.82. The van der Waals surface area contributed by atoms with Crippen molar-refractivity contribution in [3.63, 3.8) is 0 Å². The monoisotopic (exact) mass is 293 g/mol. The fourth-order valence-electron chi connectivity index (χ4n) is 2.95. The molecule has 21 heavy (non-hydrogen) atoms. The van der Waals surface area contributed by atoms with E-state index >= 15 is 0 Å². The van der Waals surface area contributed by atoms with E-state index in [0.29, 0.717) is 17.9 Å². The molecule has 1 aliphatic carbocycles. The van der Waals surface area contributed by atoms with Crippen LogP contribution in [0.25, 0.3) is 0 Å². The van der Waals surface area contributed by atoms with Crippen LogP contribution < -0.4 is 11.1 Å². The Morgan fingerprint density at radius 1 is 1.38 bits per heavy atom. The summed E-state index contributed by atoms with van der Waals surface area (Å²) in [7, 11) is 3.52. The van der Waals surface area contributed by atoms with Crippen LogP contribution in [0.3, 0.4) is 0 Å². The fraction of sp³-hybridized carbons (Fsp3) is 0.600. The van der Waals surface area contributed by atoms with Crippen LogP contribution in [0.5, 0.6) is 0 Å². The van der Waals surface area contributed by atoms with E-state index in [-0.39, 0.29) is 18.4 Å². The lowest BCUT2D eigenvalue weighted by Crippen LogP contribution is -2.46. The molecule has 1 aliphatic rings. The first-order valence-corrected chi connectivity index (χ1v) is 7.26. The molecule has 2 amide bonds. The number of hydrogen-bond acceptors (Lipinski definition) is 4. The molecule has 1 aromatic rings. The van der Waals surface area contributed by atoms with Gasteiger partial charge in [0.1, 0.15) is 12.0 Å². The van der Waals surface area contributed by atoms with Crippen molar-refractivity contribution in [1.82, 2.24) is 10.2 Å². The van der Waals surface area contributed by atoms with Gasteiger partial charge in [-0.05, 0) is 18.9 Å². The molecule has 0 spiro atoms. The molecular weight excluding hydrogens is 270 g/mol. The van der Waals surface area contributed by atoms with Crippen molar-refractivity contribution in [1.29, 1.82) is 0 Å². The lowest BCUT2D eigenvalue weighted by atomic mass is 9.84. The van der Waals surface area contributed by atoms with E-state index in [0.717, 1.165) is 25.7 Å². The number of nitrogens with zero attached hydrogens (tertiary/aromatic N) is 1. The van der Waals surface area contributed by atoms with E-state index in [1.165, 1.54) is 6.26 Å². The number of carbonyl (C=O) groups is 2. The Labute approximate surface area is 124 Å². The minimum Gasteiger partial charge on any atom is -0.467 e. The van der Waals surface area contributed by atoms with Crippen molar-refractivity contribution in [3.8, 4) is 0 Å². The molecule has 1 aromatic heterocycles. The standard InChI is InChI=1S/C15H23N3O3/c1-18(2)14(20)15(5-3-4-6-15)10-17-13(19)11-7-12(8-16)21-9-11/h7,9H,3-6,8,10,16H2,1-2H3,(H,17,19). The molecule has 1 saturated carbocycles. The summed E-state index contributed by atoms with van der Waals surface area (Å²) in [6, 6.07) is 1.63. The summed E-state index contributed by atoms with van der Waals surface area (Å²) in [6.45, 7) is 0.627. The molecule has 0 aromatic carbocycles. The maximum absolute atomic E-state index is 12.4. The van der Waals surface area contributed by atoms with Gasteiger partial charge in [-0.1, -0.05) is 12.8 Å². The first-order valence-electron chi connectivity index (χ1n) is 7.26. The van der Waals surface area contributed by atoms with Crippen molar-refractivity contribution < 1.29 is 14.0 Å². The Morgan fingerprint density at radius 2 is 2.05 bits per heavy atom. The minimum absolute atomic E-state index is 0.0927. The van der Waals surface area contributed by atoms with Crippen LogP contribution in [0.1, 0.15) is 41.8 Å². The summed E-state index contributed by atoms with van der Waals surface area (Å²) in [5.41, 5.74) is 5.44. The van der Waals surface area contributed by atoms with Crippen LogP contribution in [-0.2, 0) is 11.3 Å². The van der Waals surface area contributed by atoms with Crippen molar-refractivity contribution in [3.05, 3.63) is 23.7 Å². The molecule has 1 heterocycles. The van der Waals surface area contributed by atoms with Crippen LogP contribution in [0.4, 0.5) is 0 Å². The Morgan fingerprint density at radius 3 is 2.57 bits per heavy atom. The lowest BCUT2D eigenvalue weighted by molar-refractivity contribution is -0.138. The maximum Gasteiger partial charge on any atom is 0.254 e. The van der Waals surface area contributed by atoms with E-state index in [4.69, 9.17) is 10.2 Å². The third-order valence-electron chi connectivity index (χ3n) is 4.12. The predicted octanol–water partition coefficient (Wildman–Crippen LogP) is 1.12. The summed E-state index contributed by atoms with van der Waals surface area (Å²) in [5, 5.41) is 2.87. The van der Waals surface area contributed by atoms with Crippen molar-refractivity contribution >= 4 is 11.8 Å². The van der Waals surface area contributed by atoms with E-state index < -0.39 is 5.41 Å². The number of rotatable bonds is 5. The van der Waals surface area contributed by atoms with Gasteiger partial charge < -0.3 is 20.4 Å². The van der Waals surface area contributed by atoms with Crippen molar-refractivity contribution in [2.24, 2.45) is 11.1 Å². The highest BCUT2D eigenvalue weighted by molar-refractivity contribution is 5.94. The van der Waals surface area contributed by atoms with Gasteiger partial charge in [-0.15, -0.1) is 0 Å². The molecule has 0 saturated heterocycles. The predicted molar refractivity (Wildman–Crippen MR) is 78.5 cm³/mol. The maximum atomic E-state index is 12.4. The summed E-state index contributed by atoms with van der Waals surface area (Å²) >= 11 is 0. The van der Waals surface area contributed by atoms with E-state index in [9.17, 15) is 9.59 Å². The molecule has 6 heteroatoms. The van der Waals surface area contributed by atoms with Crippen LogP contribution in [0.15, 0.2) is 16.7 Å². The molecule has 116 valence electrons. The summed E-state index contributed by atoms with van der Waals surface area (Å²) in [6.07, 6.45) is 5.09. The Balaban J connectivity index is 2.02. The van der Waals surface area contributed by atoms with Gasteiger partial charge in [0.05, 0.1) is 17.5 Å². The first kappa shape index (κ1) is 15.6. The second-order valence-electron chi connectivity index (χ2n) is 5.88. The second kappa shape index (κ2) is 6.30. The largest absolute Gasteiger partial charge is 0.467 e. The van der Waals surface area contributed by atoms with E-state index in [1.54, 1.807) is 25.1 Å². The SMILES string of the molecule is CN(C)C(=O)C1(CNC(=O)c2coc(CN)c2)CCCC1. The van der Waals surface area contributed by atoms with E-state index in [2.05, 4.69) is 5.32 Å². The molecule has 0 radical (unpaired) electrons.